The molecule has 1 aliphatic rings. The van der Waals surface area contributed by atoms with E-state index in [1.165, 1.54) is 0 Å². The molecule has 0 radical (unpaired) electrons. The minimum Gasteiger partial charge on any atom is -0.508 e. The zero-order chi connectivity index (χ0) is 64.7. The van der Waals surface area contributed by atoms with E-state index < -0.39 is 287 Å². The summed E-state index contributed by atoms with van der Waals surface area (Å²) in [6, 6.07) is 0. The van der Waals surface area contributed by atoms with Gasteiger partial charge in [0, 0.05) is 16.7 Å². The van der Waals surface area contributed by atoms with Crippen LogP contribution in [0.4, 0.5) is 0 Å². The van der Waals surface area contributed by atoms with Gasteiger partial charge in [-0.15, -0.1) is 11.3 Å². The molecule has 0 unspecified atom stereocenters. The second-order valence-electron chi connectivity index (χ2n) is 20.0. The molecule has 0 aliphatic carbocycles. The van der Waals surface area contributed by atoms with Crippen molar-refractivity contribution in [2.45, 2.75) is 0 Å². The van der Waals surface area contributed by atoms with E-state index in [-0.39, 0.29) is 11.3 Å². The van der Waals surface area contributed by atoms with Gasteiger partial charge in [-0.3, -0.25) is 9.78 Å². The van der Waals surface area contributed by atoms with E-state index in [0.717, 1.165) is 39.2 Å². The fourth-order valence-electron chi connectivity index (χ4n) is 10.9. The summed E-state index contributed by atoms with van der Waals surface area (Å²) in [5.41, 5.74) is -13.2. The molecule has 31 nitrogen and oxygen atoms in total. The van der Waals surface area contributed by atoms with Crippen LogP contribution < -0.4 is 37.1 Å². The number of benzene rings is 8. The monoisotopic (exact) mass is 1230 g/mol. The molecule has 0 spiro atoms. The first kappa shape index (κ1) is 57.5. The smallest absolute Gasteiger partial charge is 0.215 e. The molecule has 0 amide bonds. The van der Waals surface area contributed by atoms with Gasteiger partial charge < -0.3 is 133 Å². The first-order valence-electron chi connectivity index (χ1n) is 24.6. The number of phenolic OH excluding ortho intramolecular Hbond substituents is 26. The van der Waals surface area contributed by atoms with E-state index in [1.54, 1.807) is 0 Å². The molecule has 8 aromatic carbocycles. The van der Waals surface area contributed by atoms with Crippen molar-refractivity contribution in [2.24, 2.45) is 0 Å². The Kier molecular flexibility index (Phi) is 12.3. The van der Waals surface area contributed by atoms with Crippen molar-refractivity contribution >= 4 is 98.1 Å². The third kappa shape index (κ3) is 7.20. The summed E-state index contributed by atoms with van der Waals surface area (Å²) in [4.78, 5) is 24.4. The maximum absolute atomic E-state index is 12.8. The molecule has 2 aromatic heterocycles. The highest BCUT2D eigenvalue weighted by molar-refractivity contribution is 7.27. The highest BCUT2D eigenvalue weighted by Gasteiger charge is 2.40. The highest BCUT2D eigenvalue weighted by Crippen LogP contribution is 2.65. The minimum atomic E-state index is -1.55. The van der Waals surface area contributed by atoms with Crippen molar-refractivity contribution in [1.82, 2.24) is 15.0 Å². The van der Waals surface area contributed by atoms with Gasteiger partial charge >= 0.3 is 0 Å². The standard InChI is InChI=1S/C51H36B5N3O28S/c52-14-1(5-24(65)38(79)43(84)39(80)25(5)66)17(55)45-33(74)11(14)49-57-50(12-29(70)40(81)44(85)41(82)30(12)71)59-51(58-49)13-31(72)36(77)28(69)10-9-27(68)35(76)26(67)8(47(9)88-48(10)13)7-19(60)4(18(56)46(32(7)73)87-86-45)6-20(61)15(53)2(21(62)23(6)64)3-16(54)34(75)42(83)37(78)22(3)63/h60-85H,52-56H2. The van der Waals surface area contributed by atoms with Crippen LogP contribution in [0.2, 0.25) is 0 Å². The number of thiophene rings is 1. The predicted molar refractivity (Wildman–Crippen MR) is 316 cm³/mol. The Balaban J connectivity index is 1.38. The summed E-state index contributed by atoms with van der Waals surface area (Å²) in [5.74, 6) is -41.8. The van der Waals surface area contributed by atoms with Crippen LogP contribution in [0, 0.1) is 0 Å². The Bertz CT molecular complexity index is 4850. The minimum absolute atomic E-state index is 0.213. The summed E-state index contributed by atoms with van der Waals surface area (Å²) in [7, 11) is 5.19. The Morgan fingerprint density at radius 2 is 0.477 bits per heavy atom. The van der Waals surface area contributed by atoms with Gasteiger partial charge in [0.1, 0.15) is 56.3 Å². The third-order valence-corrected chi connectivity index (χ3v) is 16.6. The number of nitrogens with zero attached hydrogens (tertiary/aromatic N) is 3. The summed E-state index contributed by atoms with van der Waals surface area (Å²) >= 11 is 0.213. The lowest BCUT2D eigenvalue weighted by molar-refractivity contribution is -0.101. The fourth-order valence-corrected chi connectivity index (χ4v) is 12.3. The molecule has 1 aliphatic heterocycles. The molecule has 10 aromatic rings. The van der Waals surface area contributed by atoms with Crippen LogP contribution in [0.1, 0.15) is 0 Å². The summed E-state index contributed by atoms with van der Waals surface area (Å²) in [6.07, 6.45) is 0. The summed E-state index contributed by atoms with van der Waals surface area (Å²) in [5, 5.41) is 295. The van der Waals surface area contributed by atoms with Gasteiger partial charge in [-0.05, 0) is 27.4 Å². The number of aromatic hydroxyl groups is 26. The first-order valence-corrected chi connectivity index (χ1v) is 25.5. The van der Waals surface area contributed by atoms with Gasteiger partial charge in [-0.25, -0.2) is 15.0 Å². The number of hydrogen-bond donors (Lipinski definition) is 26. The SMILES string of the molecule is Bc1c2c(O)c(c(B)c1-c1c(O)c(O)c(O)c(O)c1O)-c1nc(-c3c(O)c(O)c(O)c(O)c3O)nc(n1)-c1c(O)c(O)c(O)c3c1sc1c(c(O)c(O)c(O)c13)-c1c(O)c(c(B)c(-c3c(O)c(B)c(-c4c(B)c(O)c(O)c(O)c4O)c(O)c3O)c1O)OO2. The third-order valence-electron chi connectivity index (χ3n) is 15.3. The quantitative estimate of drug-likeness (QED) is 0.0367. The lowest BCUT2D eigenvalue weighted by atomic mass is 9.73. The number of aromatic nitrogens is 3. The van der Waals surface area contributed by atoms with Gasteiger partial charge in [0.2, 0.25) is 69.0 Å². The van der Waals surface area contributed by atoms with E-state index in [0.29, 0.717) is 0 Å². The molecule has 8 bridgehead atoms. The highest BCUT2D eigenvalue weighted by atomic mass is 32.1. The lowest BCUT2D eigenvalue weighted by Crippen LogP contribution is -2.26. The van der Waals surface area contributed by atoms with E-state index in [9.17, 15) is 133 Å². The van der Waals surface area contributed by atoms with Crippen LogP contribution in [0.5, 0.6) is 161 Å². The van der Waals surface area contributed by atoms with E-state index in [1.807, 2.05) is 0 Å². The average Bonchev–Trinajstić information content (AvgIpc) is 1.66. The molecule has 11 rings (SSSR count). The van der Waals surface area contributed by atoms with Gasteiger partial charge in [-0.1, -0.05) is 5.46 Å². The van der Waals surface area contributed by atoms with Crippen LogP contribution in [-0.2, 0) is 0 Å². The van der Waals surface area contributed by atoms with Crippen molar-refractivity contribution in [1.29, 1.82) is 0 Å². The molecule has 444 valence electrons. The zero-order valence-electron chi connectivity index (χ0n) is 44.7. The molecular formula is C51H36B5N3O28S. The van der Waals surface area contributed by atoms with Crippen LogP contribution in [-0.4, -0.2) is 187 Å². The Morgan fingerprint density at radius 3 is 0.955 bits per heavy atom. The maximum Gasteiger partial charge on any atom is 0.215 e. The second-order valence-corrected chi connectivity index (χ2v) is 21.0. The number of fused-ring (bicyclic) bond motifs is 10. The molecule has 0 saturated heterocycles. The Hall–Kier alpha value is -12.3. The van der Waals surface area contributed by atoms with Gasteiger partial charge in [0.05, 0.1) is 53.6 Å². The topological polar surface area (TPSA) is 583 Å². The normalized spacial score (nSPS) is 11.9. The van der Waals surface area contributed by atoms with Crippen LogP contribution in [0.15, 0.2) is 0 Å². The number of phenols is 26. The van der Waals surface area contributed by atoms with E-state index in [2.05, 4.69) is 15.0 Å². The van der Waals surface area contributed by atoms with Crippen LogP contribution in [0.3, 0.4) is 0 Å². The average molecular weight is 1220 g/mol. The molecule has 26 N–H and O–H groups in total. The van der Waals surface area contributed by atoms with Crippen molar-refractivity contribution < 1.29 is 143 Å². The van der Waals surface area contributed by atoms with Crippen molar-refractivity contribution in [2.75, 3.05) is 0 Å². The zero-order valence-corrected chi connectivity index (χ0v) is 45.5. The Morgan fingerprint density at radius 1 is 0.205 bits per heavy atom. The maximum atomic E-state index is 12.8. The lowest BCUT2D eigenvalue weighted by Gasteiger charge is -2.25. The summed E-state index contributed by atoms with van der Waals surface area (Å²) < 4.78 is -1.36. The van der Waals surface area contributed by atoms with Gasteiger partial charge in [0.15, 0.2) is 98.0 Å². The van der Waals surface area contributed by atoms with Gasteiger partial charge in [-0.2, -0.15) is 0 Å². The van der Waals surface area contributed by atoms with Crippen molar-refractivity contribution in [3.63, 3.8) is 0 Å². The summed E-state index contributed by atoms with van der Waals surface area (Å²) in [6.45, 7) is 0. The first-order chi connectivity index (χ1) is 41.1. The van der Waals surface area contributed by atoms with Crippen molar-refractivity contribution in [3.05, 3.63) is 0 Å². The molecule has 0 saturated carbocycles. The molecule has 0 fully saturated rings. The van der Waals surface area contributed by atoms with Gasteiger partial charge in [0.25, 0.3) is 0 Å². The number of rotatable bonds is 4. The van der Waals surface area contributed by atoms with Crippen LogP contribution in [0.25, 0.3) is 98.8 Å². The fraction of sp³-hybridized carbons (Fsp3) is 0. The molecule has 88 heavy (non-hydrogen) atoms. The van der Waals surface area contributed by atoms with Crippen molar-refractivity contribution in [3.8, 4) is 240 Å². The van der Waals surface area contributed by atoms with Crippen LogP contribution >= 0.6 is 11.3 Å². The predicted octanol–water partition coefficient (Wildman–Crippen LogP) is -2.77. The van der Waals surface area contributed by atoms with E-state index in [4.69, 9.17) is 9.78 Å². The number of hydrogen-bond acceptors (Lipinski definition) is 32. The largest absolute Gasteiger partial charge is 0.508 e. The Labute approximate surface area is 493 Å². The molecule has 0 atom stereocenters. The molecular weight excluding hydrogens is 1190 g/mol. The molecule has 3 heterocycles. The van der Waals surface area contributed by atoms with E-state index >= 15 is 0 Å². The molecule has 37 heteroatoms. The second kappa shape index (κ2) is 18.9.